The molecule has 0 saturated carbocycles. The van der Waals surface area contributed by atoms with Crippen molar-refractivity contribution in [3.05, 3.63) is 29.3 Å². The molecule has 2 nitrogen and oxygen atoms in total. The molecule has 84 valence electrons. The van der Waals surface area contributed by atoms with Crippen LogP contribution in [0, 0.1) is 0 Å². The molecule has 1 rings (SSSR count). The predicted octanol–water partition coefficient (Wildman–Crippen LogP) is 3.01. The van der Waals surface area contributed by atoms with E-state index in [1.807, 2.05) is 0 Å². The summed E-state index contributed by atoms with van der Waals surface area (Å²) in [5.41, 5.74) is 2.01. The summed E-state index contributed by atoms with van der Waals surface area (Å²) >= 11 is 0. The second-order valence-electron chi connectivity index (χ2n) is 3.92. The van der Waals surface area contributed by atoms with Gasteiger partial charge in [0.2, 0.25) is 0 Å². The van der Waals surface area contributed by atoms with Crippen LogP contribution in [0.15, 0.2) is 18.2 Å². The molecule has 2 heteroatoms. The number of aliphatic hydroxyl groups excluding tert-OH is 1. The number of unbranched alkanes of at least 4 members (excludes halogenated alkanes) is 3. The molecule has 0 heterocycles. The lowest BCUT2D eigenvalue weighted by molar-refractivity contribution is 0.280. The molecule has 2 N–H and O–H groups in total. The Hall–Kier alpha value is -1.02. The van der Waals surface area contributed by atoms with Crippen molar-refractivity contribution in [2.24, 2.45) is 0 Å². The number of phenolic OH excluding ortho intramolecular Hbond substituents is 1. The highest BCUT2D eigenvalue weighted by Crippen LogP contribution is 2.19. The van der Waals surface area contributed by atoms with Crippen molar-refractivity contribution in [3.63, 3.8) is 0 Å². The Morgan fingerprint density at radius 3 is 2.53 bits per heavy atom. The fourth-order valence-electron chi connectivity index (χ4n) is 1.74. The highest BCUT2D eigenvalue weighted by atomic mass is 16.3. The van der Waals surface area contributed by atoms with Gasteiger partial charge in [-0.1, -0.05) is 32.3 Å². The highest BCUT2D eigenvalue weighted by Gasteiger charge is 2.02. The van der Waals surface area contributed by atoms with E-state index in [1.165, 1.54) is 19.3 Å². The van der Waals surface area contributed by atoms with Crippen LogP contribution < -0.4 is 0 Å². The predicted molar refractivity (Wildman–Crippen MR) is 61.9 cm³/mol. The normalized spacial score (nSPS) is 10.5. The molecule has 15 heavy (non-hydrogen) atoms. The summed E-state index contributed by atoms with van der Waals surface area (Å²) in [7, 11) is 0. The molecule has 0 aliphatic heterocycles. The molecule has 0 unspecified atom stereocenters. The van der Waals surface area contributed by atoms with Crippen molar-refractivity contribution in [1.29, 1.82) is 0 Å². The monoisotopic (exact) mass is 208 g/mol. The van der Waals surface area contributed by atoms with Crippen LogP contribution in [0.2, 0.25) is 0 Å². The van der Waals surface area contributed by atoms with Crippen molar-refractivity contribution in [2.45, 2.75) is 45.6 Å². The first kappa shape index (κ1) is 12.1. The minimum Gasteiger partial charge on any atom is -0.508 e. The van der Waals surface area contributed by atoms with E-state index in [0.29, 0.717) is 0 Å². The third kappa shape index (κ3) is 3.92. The van der Waals surface area contributed by atoms with Gasteiger partial charge in [0.25, 0.3) is 0 Å². The van der Waals surface area contributed by atoms with Crippen LogP contribution in [-0.2, 0) is 13.0 Å². The average Bonchev–Trinajstić information content (AvgIpc) is 2.25. The first-order chi connectivity index (χ1) is 7.27. The fraction of sp³-hybridized carbons (Fsp3) is 0.538. The van der Waals surface area contributed by atoms with Crippen molar-refractivity contribution >= 4 is 0 Å². The number of hydrogen-bond acceptors (Lipinski definition) is 2. The quantitative estimate of drug-likeness (QED) is 0.705. The number of aliphatic hydroxyl groups is 1. The number of rotatable bonds is 6. The molecule has 1 aromatic rings. The summed E-state index contributed by atoms with van der Waals surface area (Å²) in [5.74, 6) is 0.290. The van der Waals surface area contributed by atoms with E-state index < -0.39 is 0 Å². The maximum atomic E-state index is 9.35. The second kappa shape index (κ2) is 6.46. The largest absolute Gasteiger partial charge is 0.508 e. The Morgan fingerprint density at radius 1 is 1.07 bits per heavy atom. The summed E-state index contributed by atoms with van der Waals surface area (Å²) in [6.45, 7) is 2.25. The average molecular weight is 208 g/mol. The number of benzene rings is 1. The van der Waals surface area contributed by atoms with Crippen LogP contribution in [0.3, 0.4) is 0 Å². The third-order valence-electron chi connectivity index (χ3n) is 2.66. The molecule has 0 saturated heterocycles. The zero-order chi connectivity index (χ0) is 11.1. The summed E-state index contributed by atoms with van der Waals surface area (Å²) in [5, 5.41) is 18.5. The number of aromatic hydroxyl groups is 1. The topological polar surface area (TPSA) is 40.5 Å². The minimum absolute atomic E-state index is 0.0589. The molecular formula is C13H20O2. The molecule has 0 atom stereocenters. The number of phenols is 1. The van der Waals surface area contributed by atoms with Gasteiger partial charge in [-0.05, 0) is 36.1 Å². The Balaban J connectivity index is 2.54. The van der Waals surface area contributed by atoms with E-state index in [9.17, 15) is 5.11 Å². The van der Waals surface area contributed by atoms with Crippen LogP contribution in [0.4, 0.5) is 0 Å². The van der Waals surface area contributed by atoms with Crippen LogP contribution in [0.25, 0.3) is 0 Å². The summed E-state index contributed by atoms with van der Waals surface area (Å²) in [4.78, 5) is 0. The lowest BCUT2D eigenvalue weighted by Crippen LogP contribution is -1.94. The van der Waals surface area contributed by atoms with Gasteiger partial charge in [0.1, 0.15) is 5.75 Å². The smallest absolute Gasteiger partial charge is 0.115 e. The maximum Gasteiger partial charge on any atom is 0.115 e. The van der Waals surface area contributed by atoms with Gasteiger partial charge in [-0.2, -0.15) is 0 Å². The fourth-order valence-corrected chi connectivity index (χ4v) is 1.74. The molecule has 0 amide bonds. The van der Waals surface area contributed by atoms with E-state index in [1.54, 1.807) is 18.2 Å². The Kier molecular flexibility index (Phi) is 5.19. The lowest BCUT2D eigenvalue weighted by Gasteiger charge is -2.07. The van der Waals surface area contributed by atoms with E-state index in [0.717, 1.165) is 24.0 Å². The molecule has 0 aliphatic rings. The van der Waals surface area contributed by atoms with Gasteiger partial charge in [-0.3, -0.25) is 0 Å². The molecule has 0 bridgehead atoms. The second-order valence-corrected chi connectivity index (χ2v) is 3.92. The standard InChI is InChI=1S/C13H20O2/c1-2-3-4-5-6-11-9-13(15)8-7-12(11)10-14/h7-9,14-15H,2-6,10H2,1H3. The van der Waals surface area contributed by atoms with Crippen molar-refractivity contribution < 1.29 is 10.2 Å². The van der Waals surface area contributed by atoms with Crippen LogP contribution in [0.1, 0.15) is 43.7 Å². The van der Waals surface area contributed by atoms with Gasteiger partial charge in [0.05, 0.1) is 6.61 Å². The Morgan fingerprint density at radius 2 is 1.87 bits per heavy atom. The van der Waals surface area contributed by atoms with E-state index in [2.05, 4.69) is 6.92 Å². The summed E-state index contributed by atoms with van der Waals surface area (Å²) in [6, 6.07) is 5.18. The molecule has 0 aliphatic carbocycles. The maximum absolute atomic E-state index is 9.35. The van der Waals surface area contributed by atoms with Gasteiger partial charge in [0.15, 0.2) is 0 Å². The Labute approximate surface area is 91.6 Å². The molecule has 0 fully saturated rings. The number of aryl methyl sites for hydroxylation is 1. The minimum atomic E-state index is 0.0589. The lowest BCUT2D eigenvalue weighted by atomic mass is 10.0. The first-order valence-electron chi connectivity index (χ1n) is 5.69. The zero-order valence-electron chi connectivity index (χ0n) is 9.37. The third-order valence-corrected chi connectivity index (χ3v) is 2.66. The van der Waals surface area contributed by atoms with Gasteiger partial charge in [0, 0.05) is 0 Å². The van der Waals surface area contributed by atoms with Gasteiger partial charge in [-0.25, -0.2) is 0 Å². The molecule has 0 aromatic heterocycles. The number of hydrogen-bond donors (Lipinski definition) is 2. The van der Waals surface area contributed by atoms with Gasteiger partial charge in [-0.15, -0.1) is 0 Å². The molecule has 0 radical (unpaired) electrons. The van der Waals surface area contributed by atoms with Gasteiger partial charge >= 0.3 is 0 Å². The van der Waals surface area contributed by atoms with E-state index in [-0.39, 0.29) is 12.4 Å². The van der Waals surface area contributed by atoms with Crippen LogP contribution in [0.5, 0.6) is 5.75 Å². The van der Waals surface area contributed by atoms with Crippen molar-refractivity contribution in [2.75, 3.05) is 0 Å². The molecular weight excluding hydrogens is 188 g/mol. The summed E-state index contributed by atoms with van der Waals surface area (Å²) in [6.07, 6.45) is 5.78. The van der Waals surface area contributed by atoms with Crippen molar-refractivity contribution in [3.8, 4) is 5.75 Å². The van der Waals surface area contributed by atoms with Crippen LogP contribution >= 0.6 is 0 Å². The highest BCUT2D eigenvalue weighted by molar-refractivity contribution is 5.34. The molecule has 1 aromatic carbocycles. The SMILES string of the molecule is CCCCCCc1cc(O)ccc1CO. The van der Waals surface area contributed by atoms with E-state index >= 15 is 0 Å². The van der Waals surface area contributed by atoms with Crippen LogP contribution in [-0.4, -0.2) is 10.2 Å². The van der Waals surface area contributed by atoms with E-state index in [4.69, 9.17) is 5.11 Å². The summed E-state index contributed by atoms with van der Waals surface area (Å²) < 4.78 is 0. The van der Waals surface area contributed by atoms with Gasteiger partial charge < -0.3 is 10.2 Å². The van der Waals surface area contributed by atoms with Crippen molar-refractivity contribution in [1.82, 2.24) is 0 Å². The first-order valence-corrected chi connectivity index (χ1v) is 5.69. The Bertz CT molecular complexity index is 295. The molecule has 0 spiro atoms. The zero-order valence-corrected chi connectivity index (χ0v) is 9.37.